The summed E-state index contributed by atoms with van der Waals surface area (Å²) in [5.41, 5.74) is 2.95. The van der Waals surface area contributed by atoms with Crippen LogP contribution in [-0.2, 0) is 4.74 Å². The Hall–Kier alpha value is -1.15. The van der Waals surface area contributed by atoms with E-state index in [1.807, 2.05) is 39.0 Å². The fourth-order valence-corrected chi connectivity index (χ4v) is 1.93. The Labute approximate surface area is 104 Å². The molecule has 17 heavy (non-hydrogen) atoms. The number of hydrogen-bond acceptors (Lipinski definition) is 2. The molecule has 0 saturated carbocycles. The van der Waals surface area contributed by atoms with Gasteiger partial charge in [-0.3, -0.25) is 4.79 Å². The van der Waals surface area contributed by atoms with Gasteiger partial charge >= 0.3 is 0 Å². The van der Waals surface area contributed by atoms with E-state index < -0.39 is 0 Å². The summed E-state index contributed by atoms with van der Waals surface area (Å²) in [4.78, 5) is 12.4. The summed E-state index contributed by atoms with van der Waals surface area (Å²) in [7, 11) is 0. The smallest absolute Gasteiger partial charge is 0.191 e. The number of rotatable bonds is 6. The molecule has 0 radical (unpaired) electrons. The highest BCUT2D eigenvalue weighted by Crippen LogP contribution is 2.16. The van der Waals surface area contributed by atoms with Gasteiger partial charge in [-0.15, -0.1) is 0 Å². The maximum absolute atomic E-state index is 12.4. The van der Waals surface area contributed by atoms with Crippen LogP contribution in [0.3, 0.4) is 0 Å². The molecule has 0 aliphatic carbocycles. The maximum atomic E-state index is 12.4. The van der Waals surface area contributed by atoms with E-state index in [1.54, 1.807) is 0 Å². The molecule has 0 saturated heterocycles. The van der Waals surface area contributed by atoms with Gasteiger partial charge in [-0.25, -0.2) is 0 Å². The van der Waals surface area contributed by atoms with Gasteiger partial charge < -0.3 is 4.74 Å². The van der Waals surface area contributed by atoms with Crippen molar-refractivity contribution < 1.29 is 9.53 Å². The minimum atomic E-state index is -0.287. The van der Waals surface area contributed by atoms with Crippen LogP contribution in [0.5, 0.6) is 0 Å². The molecule has 0 heterocycles. The van der Waals surface area contributed by atoms with Gasteiger partial charge in [0.15, 0.2) is 5.78 Å². The molecule has 0 amide bonds. The third kappa shape index (κ3) is 3.67. The van der Waals surface area contributed by atoms with Crippen LogP contribution in [0, 0.1) is 13.8 Å². The molecule has 0 N–H and O–H groups in total. The molecule has 94 valence electrons. The first-order chi connectivity index (χ1) is 8.10. The van der Waals surface area contributed by atoms with Crippen molar-refractivity contribution in [2.45, 2.75) is 46.6 Å². The van der Waals surface area contributed by atoms with E-state index in [1.165, 1.54) is 0 Å². The van der Waals surface area contributed by atoms with Crippen LogP contribution in [-0.4, -0.2) is 18.5 Å². The highest BCUT2D eigenvalue weighted by Gasteiger charge is 2.20. The van der Waals surface area contributed by atoms with Crippen molar-refractivity contribution in [3.05, 3.63) is 34.9 Å². The molecule has 0 aliphatic heterocycles. The van der Waals surface area contributed by atoms with Crippen molar-refractivity contribution in [1.82, 2.24) is 0 Å². The van der Waals surface area contributed by atoms with Crippen LogP contribution in [0.1, 0.15) is 48.2 Å². The first kappa shape index (κ1) is 13.9. The normalized spacial score (nSPS) is 12.5. The minimum absolute atomic E-state index is 0.120. The molecule has 0 fully saturated rings. The van der Waals surface area contributed by atoms with E-state index in [-0.39, 0.29) is 11.9 Å². The van der Waals surface area contributed by atoms with Crippen LogP contribution < -0.4 is 0 Å². The molecule has 1 atom stereocenters. The average Bonchev–Trinajstić information content (AvgIpc) is 2.31. The Balaban J connectivity index is 2.95. The van der Waals surface area contributed by atoms with Gasteiger partial charge in [0.1, 0.15) is 6.10 Å². The molecule has 1 rings (SSSR count). The van der Waals surface area contributed by atoms with Crippen molar-refractivity contribution in [1.29, 1.82) is 0 Å². The van der Waals surface area contributed by atoms with E-state index in [0.29, 0.717) is 6.61 Å². The minimum Gasteiger partial charge on any atom is -0.370 e. The molecule has 2 heteroatoms. The van der Waals surface area contributed by atoms with E-state index >= 15 is 0 Å². The lowest BCUT2D eigenvalue weighted by Crippen LogP contribution is -2.25. The second-order valence-electron chi connectivity index (χ2n) is 4.42. The lowest BCUT2D eigenvalue weighted by Gasteiger charge is -2.16. The fourth-order valence-electron chi connectivity index (χ4n) is 1.93. The molecule has 2 nitrogen and oxygen atoms in total. The van der Waals surface area contributed by atoms with Crippen molar-refractivity contribution >= 4 is 5.78 Å². The van der Waals surface area contributed by atoms with E-state index in [0.717, 1.165) is 29.5 Å². The van der Waals surface area contributed by atoms with E-state index in [9.17, 15) is 4.79 Å². The molecule has 0 bridgehead atoms. The molecular weight excluding hydrogens is 212 g/mol. The predicted octanol–water partition coefficient (Wildman–Crippen LogP) is 3.69. The van der Waals surface area contributed by atoms with Crippen LogP contribution in [0.15, 0.2) is 18.2 Å². The largest absolute Gasteiger partial charge is 0.370 e. The van der Waals surface area contributed by atoms with Crippen molar-refractivity contribution in [3.63, 3.8) is 0 Å². The summed E-state index contributed by atoms with van der Waals surface area (Å²) < 4.78 is 5.54. The predicted molar refractivity (Wildman–Crippen MR) is 70.6 cm³/mol. The van der Waals surface area contributed by atoms with E-state index in [4.69, 9.17) is 4.74 Å². The molecule has 1 unspecified atom stereocenters. The van der Waals surface area contributed by atoms with Crippen molar-refractivity contribution in [2.24, 2.45) is 0 Å². The molecular formula is C15H22O2. The van der Waals surface area contributed by atoms with Gasteiger partial charge in [-0.05, 0) is 38.8 Å². The number of hydrogen-bond donors (Lipinski definition) is 0. The zero-order chi connectivity index (χ0) is 12.8. The second kappa shape index (κ2) is 6.55. The topological polar surface area (TPSA) is 26.3 Å². The van der Waals surface area contributed by atoms with Crippen molar-refractivity contribution in [3.8, 4) is 0 Å². The van der Waals surface area contributed by atoms with Gasteiger partial charge in [0.05, 0.1) is 0 Å². The number of ketones is 1. The SMILES string of the molecule is CCCC(OCC)C(=O)c1cc(C)ccc1C. The number of carbonyl (C=O) groups is 1. The van der Waals surface area contributed by atoms with E-state index in [2.05, 4.69) is 6.92 Å². The molecule has 1 aromatic carbocycles. The number of benzene rings is 1. The first-order valence-electron chi connectivity index (χ1n) is 6.33. The fraction of sp³-hybridized carbons (Fsp3) is 0.533. The highest BCUT2D eigenvalue weighted by atomic mass is 16.5. The first-order valence-corrected chi connectivity index (χ1v) is 6.33. The second-order valence-corrected chi connectivity index (χ2v) is 4.42. The third-order valence-corrected chi connectivity index (χ3v) is 2.87. The monoisotopic (exact) mass is 234 g/mol. The number of carbonyl (C=O) groups excluding carboxylic acids is 1. The quantitative estimate of drug-likeness (QED) is 0.702. The third-order valence-electron chi connectivity index (χ3n) is 2.87. The molecule has 1 aromatic rings. The zero-order valence-corrected chi connectivity index (χ0v) is 11.2. The van der Waals surface area contributed by atoms with Crippen LogP contribution >= 0.6 is 0 Å². The van der Waals surface area contributed by atoms with Gasteiger partial charge in [0, 0.05) is 12.2 Å². The summed E-state index contributed by atoms with van der Waals surface area (Å²) in [5.74, 6) is 0.120. The molecule has 0 aromatic heterocycles. The number of aryl methyl sites for hydroxylation is 2. The Morgan fingerprint density at radius 2 is 2.00 bits per heavy atom. The zero-order valence-electron chi connectivity index (χ0n) is 11.2. The molecule has 0 aliphatic rings. The maximum Gasteiger partial charge on any atom is 0.191 e. The van der Waals surface area contributed by atoms with Crippen LogP contribution in [0.4, 0.5) is 0 Å². The Bertz CT molecular complexity index is 377. The summed E-state index contributed by atoms with van der Waals surface area (Å²) in [5, 5.41) is 0. The van der Waals surface area contributed by atoms with Gasteiger partial charge in [-0.2, -0.15) is 0 Å². The highest BCUT2D eigenvalue weighted by molar-refractivity contribution is 6.00. The summed E-state index contributed by atoms with van der Waals surface area (Å²) >= 11 is 0. The Morgan fingerprint density at radius 1 is 1.29 bits per heavy atom. The summed E-state index contributed by atoms with van der Waals surface area (Å²) in [6.07, 6.45) is 1.46. The standard InChI is InChI=1S/C15H22O2/c1-5-7-14(17-6-2)15(16)13-10-11(3)8-9-12(13)4/h8-10,14H,5-7H2,1-4H3. The Morgan fingerprint density at radius 3 is 2.59 bits per heavy atom. The summed E-state index contributed by atoms with van der Waals surface area (Å²) in [6.45, 7) is 8.57. The summed E-state index contributed by atoms with van der Waals surface area (Å²) in [6, 6.07) is 5.98. The van der Waals surface area contributed by atoms with Crippen LogP contribution in [0.25, 0.3) is 0 Å². The average molecular weight is 234 g/mol. The molecule has 0 spiro atoms. The lowest BCUT2D eigenvalue weighted by atomic mass is 9.97. The Kier molecular flexibility index (Phi) is 5.36. The van der Waals surface area contributed by atoms with Gasteiger partial charge in [0.2, 0.25) is 0 Å². The van der Waals surface area contributed by atoms with Gasteiger partial charge in [0.25, 0.3) is 0 Å². The van der Waals surface area contributed by atoms with Crippen molar-refractivity contribution in [2.75, 3.05) is 6.61 Å². The lowest BCUT2D eigenvalue weighted by molar-refractivity contribution is 0.0422. The number of ether oxygens (including phenoxy) is 1. The number of Topliss-reactive ketones (excluding diaryl/α,β-unsaturated/α-hetero) is 1. The van der Waals surface area contributed by atoms with Gasteiger partial charge in [-0.1, -0.05) is 31.0 Å². The van der Waals surface area contributed by atoms with Crippen LogP contribution in [0.2, 0.25) is 0 Å².